The molecule has 0 radical (unpaired) electrons. The number of carbonyl (C=O) groups excluding carboxylic acids is 1. The molecule has 0 fully saturated rings. The molecule has 0 aliphatic rings. The summed E-state index contributed by atoms with van der Waals surface area (Å²) in [6, 6.07) is 5.68. The molecule has 13 heavy (non-hydrogen) atoms. The number of rotatable bonds is 3. The first-order valence-electron chi connectivity index (χ1n) is 4.03. The fourth-order valence-electron chi connectivity index (χ4n) is 1.10. The lowest BCUT2D eigenvalue weighted by Gasteiger charge is -2.07. The van der Waals surface area contributed by atoms with Crippen molar-refractivity contribution in [2.24, 2.45) is 5.92 Å². The van der Waals surface area contributed by atoms with E-state index in [9.17, 15) is 4.79 Å². The molecule has 70 valence electrons. The molecule has 0 saturated carbocycles. The Morgan fingerprint density at radius 1 is 1.62 bits per heavy atom. The minimum Gasteiger partial charge on any atom is -0.303 e. The van der Waals surface area contributed by atoms with Gasteiger partial charge in [-0.25, -0.2) is 0 Å². The van der Waals surface area contributed by atoms with Crippen molar-refractivity contribution >= 4 is 33.8 Å². The van der Waals surface area contributed by atoms with Crippen molar-refractivity contribution in [3.63, 3.8) is 0 Å². The van der Waals surface area contributed by atoms with Crippen molar-refractivity contribution in [2.45, 2.75) is 13.3 Å². The highest BCUT2D eigenvalue weighted by atomic mass is 79.9. The van der Waals surface area contributed by atoms with E-state index in [4.69, 9.17) is 11.6 Å². The smallest absolute Gasteiger partial charge is 0.123 e. The fourth-order valence-corrected chi connectivity index (χ4v) is 1.72. The summed E-state index contributed by atoms with van der Waals surface area (Å²) in [6.07, 6.45) is 1.68. The summed E-state index contributed by atoms with van der Waals surface area (Å²) < 4.78 is 0.894. The number of benzene rings is 1. The van der Waals surface area contributed by atoms with Gasteiger partial charge in [0, 0.05) is 10.4 Å². The number of hydrogen-bond donors (Lipinski definition) is 0. The summed E-state index contributed by atoms with van der Waals surface area (Å²) >= 11 is 9.30. The summed E-state index contributed by atoms with van der Waals surface area (Å²) in [5, 5.41) is 0.690. The van der Waals surface area contributed by atoms with E-state index in [0.29, 0.717) is 5.02 Å². The second kappa shape index (κ2) is 4.77. The van der Waals surface area contributed by atoms with Crippen LogP contribution < -0.4 is 0 Å². The molecule has 0 heterocycles. The molecule has 1 nitrogen and oxygen atoms in total. The molecule has 0 aromatic heterocycles. The summed E-state index contributed by atoms with van der Waals surface area (Å²) in [7, 11) is 0. The maximum atomic E-state index is 10.5. The fraction of sp³-hybridized carbons (Fsp3) is 0.300. The molecule has 0 N–H and O–H groups in total. The van der Waals surface area contributed by atoms with Crippen LogP contribution in [0.15, 0.2) is 22.7 Å². The first-order valence-corrected chi connectivity index (χ1v) is 5.20. The van der Waals surface area contributed by atoms with Gasteiger partial charge < -0.3 is 4.79 Å². The Morgan fingerprint density at radius 2 is 2.31 bits per heavy atom. The van der Waals surface area contributed by atoms with Gasteiger partial charge in [-0.05, 0) is 34.0 Å². The van der Waals surface area contributed by atoms with Crippen molar-refractivity contribution in [3.8, 4) is 0 Å². The zero-order chi connectivity index (χ0) is 9.84. The molecule has 1 atom stereocenters. The Kier molecular flexibility index (Phi) is 3.94. The van der Waals surface area contributed by atoms with E-state index < -0.39 is 0 Å². The second-order valence-corrected chi connectivity index (χ2v) is 4.23. The normalized spacial score (nSPS) is 12.5. The maximum absolute atomic E-state index is 10.5. The number of halogens is 2. The van der Waals surface area contributed by atoms with E-state index in [0.717, 1.165) is 22.7 Å². The Hall–Kier alpha value is -0.340. The lowest BCUT2D eigenvalue weighted by atomic mass is 10.0. The van der Waals surface area contributed by atoms with E-state index in [2.05, 4.69) is 15.9 Å². The summed E-state index contributed by atoms with van der Waals surface area (Å²) in [4.78, 5) is 10.5. The molecule has 0 saturated heterocycles. The van der Waals surface area contributed by atoms with Gasteiger partial charge in [-0.3, -0.25) is 0 Å². The molecule has 3 heteroatoms. The van der Waals surface area contributed by atoms with Crippen molar-refractivity contribution in [3.05, 3.63) is 33.3 Å². The van der Waals surface area contributed by atoms with Crippen molar-refractivity contribution in [1.29, 1.82) is 0 Å². The number of hydrogen-bond acceptors (Lipinski definition) is 1. The van der Waals surface area contributed by atoms with Gasteiger partial charge in [-0.1, -0.05) is 30.7 Å². The average molecular weight is 262 g/mol. The summed E-state index contributed by atoms with van der Waals surface area (Å²) in [6.45, 7) is 1.89. The van der Waals surface area contributed by atoms with Crippen LogP contribution in [-0.2, 0) is 11.2 Å². The second-order valence-electron chi connectivity index (χ2n) is 3.03. The van der Waals surface area contributed by atoms with E-state index in [1.54, 1.807) is 0 Å². The van der Waals surface area contributed by atoms with Gasteiger partial charge in [0.15, 0.2) is 0 Å². The first kappa shape index (κ1) is 10.7. The third kappa shape index (κ3) is 2.82. The quantitative estimate of drug-likeness (QED) is 0.761. The van der Waals surface area contributed by atoms with Gasteiger partial charge in [0.05, 0.1) is 5.02 Å². The van der Waals surface area contributed by atoms with Gasteiger partial charge in [0.2, 0.25) is 0 Å². The van der Waals surface area contributed by atoms with Crippen LogP contribution >= 0.6 is 27.5 Å². The highest BCUT2D eigenvalue weighted by Gasteiger charge is 2.07. The Bertz CT molecular complexity index is 312. The van der Waals surface area contributed by atoms with Crippen LogP contribution in [0.4, 0.5) is 0 Å². The highest BCUT2D eigenvalue weighted by Crippen LogP contribution is 2.27. The molecule has 1 unspecified atom stereocenters. The Morgan fingerprint density at radius 3 is 2.92 bits per heavy atom. The molecule has 1 rings (SSSR count). The van der Waals surface area contributed by atoms with E-state index in [1.165, 1.54) is 0 Å². The Balaban J connectivity index is 2.88. The maximum Gasteiger partial charge on any atom is 0.123 e. The monoisotopic (exact) mass is 260 g/mol. The predicted octanol–water partition coefficient (Wildman–Crippen LogP) is 3.48. The number of carbonyl (C=O) groups is 1. The molecule has 1 aromatic carbocycles. The van der Waals surface area contributed by atoms with Crippen molar-refractivity contribution in [1.82, 2.24) is 0 Å². The standard InChI is InChI=1S/C10H10BrClO/c1-7(6-13)5-8-3-2-4-9(12)10(8)11/h2-4,6-7H,5H2,1H3. The minimum absolute atomic E-state index is 0.0368. The molecule has 1 aromatic rings. The topological polar surface area (TPSA) is 17.1 Å². The van der Waals surface area contributed by atoms with Crippen LogP contribution in [0.2, 0.25) is 5.02 Å². The summed E-state index contributed by atoms with van der Waals surface area (Å²) in [5.74, 6) is 0.0368. The van der Waals surface area contributed by atoms with E-state index >= 15 is 0 Å². The summed E-state index contributed by atoms with van der Waals surface area (Å²) in [5.41, 5.74) is 1.08. The zero-order valence-electron chi connectivity index (χ0n) is 7.26. The van der Waals surface area contributed by atoms with Crippen LogP contribution in [0.3, 0.4) is 0 Å². The molecule has 0 spiro atoms. The SMILES string of the molecule is CC(C=O)Cc1cccc(Cl)c1Br. The number of aldehydes is 1. The minimum atomic E-state index is 0.0368. The van der Waals surface area contributed by atoms with Crippen LogP contribution in [0.1, 0.15) is 12.5 Å². The predicted molar refractivity (Wildman–Crippen MR) is 58.1 cm³/mol. The Labute approximate surface area is 91.2 Å². The molecule has 0 amide bonds. The molecule has 0 bridgehead atoms. The lowest BCUT2D eigenvalue weighted by molar-refractivity contribution is -0.110. The largest absolute Gasteiger partial charge is 0.303 e. The van der Waals surface area contributed by atoms with Crippen LogP contribution in [0.5, 0.6) is 0 Å². The van der Waals surface area contributed by atoms with Gasteiger partial charge in [0.1, 0.15) is 6.29 Å². The van der Waals surface area contributed by atoms with Crippen LogP contribution in [0, 0.1) is 5.92 Å². The molecule has 0 aliphatic carbocycles. The van der Waals surface area contributed by atoms with Gasteiger partial charge >= 0.3 is 0 Å². The average Bonchev–Trinajstić information content (AvgIpc) is 2.13. The first-order chi connectivity index (χ1) is 6.15. The highest BCUT2D eigenvalue weighted by molar-refractivity contribution is 9.10. The van der Waals surface area contributed by atoms with Gasteiger partial charge in [-0.15, -0.1) is 0 Å². The zero-order valence-corrected chi connectivity index (χ0v) is 9.60. The van der Waals surface area contributed by atoms with Crippen LogP contribution in [0.25, 0.3) is 0 Å². The third-order valence-corrected chi connectivity index (χ3v) is 3.29. The van der Waals surface area contributed by atoms with Gasteiger partial charge in [0.25, 0.3) is 0 Å². The van der Waals surface area contributed by atoms with E-state index in [-0.39, 0.29) is 5.92 Å². The van der Waals surface area contributed by atoms with E-state index in [1.807, 2.05) is 25.1 Å². The van der Waals surface area contributed by atoms with Crippen LogP contribution in [-0.4, -0.2) is 6.29 Å². The molecule has 0 aliphatic heterocycles. The molecular weight excluding hydrogens is 251 g/mol. The third-order valence-electron chi connectivity index (χ3n) is 1.81. The lowest BCUT2D eigenvalue weighted by Crippen LogP contribution is -2.01. The van der Waals surface area contributed by atoms with Crippen molar-refractivity contribution < 1.29 is 4.79 Å². The molecular formula is C10H10BrClO. The van der Waals surface area contributed by atoms with Gasteiger partial charge in [-0.2, -0.15) is 0 Å². The van der Waals surface area contributed by atoms with Crippen molar-refractivity contribution in [2.75, 3.05) is 0 Å².